The first-order valence-electron chi connectivity index (χ1n) is 6.17. The number of rotatable bonds is 4. The Morgan fingerprint density at radius 3 is 2.65 bits per heavy atom. The van der Waals surface area contributed by atoms with E-state index in [0.29, 0.717) is 0 Å². The number of aromatic nitrogens is 3. The second kappa shape index (κ2) is 5.90. The highest BCUT2D eigenvalue weighted by Crippen LogP contribution is 2.26. The Bertz CT molecular complexity index is 737. The minimum Gasteiger partial charge on any atom is -0.312 e. The van der Waals surface area contributed by atoms with Gasteiger partial charge in [0, 0.05) is 12.0 Å². The average Bonchev–Trinajstić information content (AvgIpc) is 2.92. The van der Waals surface area contributed by atoms with E-state index in [0.717, 1.165) is 21.6 Å². The van der Waals surface area contributed by atoms with E-state index in [2.05, 4.69) is 10.3 Å². The van der Waals surface area contributed by atoms with E-state index in [-0.39, 0.29) is 0 Å². The molecule has 1 heterocycles. The molecule has 0 saturated heterocycles. The average molecular weight is 283 g/mol. The molecule has 0 fully saturated rings. The van der Waals surface area contributed by atoms with Crippen molar-refractivity contribution in [3.05, 3.63) is 60.2 Å². The van der Waals surface area contributed by atoms with Crippen molar-refractivity contribution in [3.8, 4) is 0 Å². The molecule has 1 aromatic heterocycles. The van der Waals surface area contributed by atoms with Crippen LogP contribution in [-0.2, 0) is 4.18 Å². The summed E-state index contributed by atoms with van der Waals surface area (Å²) in [6, 6.07) is 17.9. The van der Waals surface area contributed by atoms with Crippen LogP contribution < -0.4 is 0 Å². The number of hydrogen-bond acceptors (Lipinski definition) is 4. The number of hydrogen-bond donors (Lipinski definition) is 0. The predicted octanol–water partition coefficient (Wildman–Crippen LogP) is 3.68. The Kier molecular flexibility index (Phi) is 3.80. The molecular weight excluding hydrogens is 270 g/mol. The quantitative estimate of drug-likeness (QED) is 0.685. The van der Waals surface area contributed by atoms with Gasteiger partial charge in [0.05, 0.1) is 12.6 Å². The molecule has 0 bridgehead atoms. The largest absolute Gasteiger partial charge is 0.312 e. The highest BCUT2D eigenvalue weighted by atomic mass is 32.2. The van der Waals surface area contributed by atoms with Crippen LogP contribution in [0.1, 0.15) is 5.56 Å². The lowest BCUT2D eigenvalue weighted by Crippen LogP contribution is -1.97. The fourth-order valence-corrected chi connectivity index (χ4v) is 2.49. The normalized spacial score (nSPS) is 11.9. The van der Waals surface area contributed by atoms with Crippen molar-refractivity contribution in [1.29, 1.82) is 0 Å². The molecule has 2 aromatic carbocycles. The van der Waals surface area contributed by atoms with Crippen LogP contribution in [0, 0.1) is 0 Å². The first kappa shape index (κ1) is 12.9. The van der Waals surface area contributed by atoms with E-state index in [9.17, 15) is 0 Å². The fourth-order valence-electron chi connectivity index (χ4n) is 1.93. The van der Waals surface area contributed by atoms with Gasteiger partial charge in [-0.25, -0.2) is 4.68 Å². The standard InChI is InChI=1S/C15H13N3OS/c1-19-20-15(11-12-7-3-2-4-8-12)18-14-10-6-5-9-13(14)16-17-18/h2-11H,1H3/b15-11+. The highest BCUT2D eigenvalue weighted by Gasteiger charge is 2.09. The molecule has 0 aliphatic heterocycles. The van der Waals surface area contributed by atoms with Crippen LogP contribution in [0.5, 0.6) is 0 Å². The summed E-state index contributed by atoms with van der Waals surface area (Å²) in [5, 5.41) is 9.24. The Hall–Kier alpha value is -2.11. The molecule has 0 atom stereocenters. The lowest BCUT2D eigenvalue weighted by molar-refractivity contribution is 0.494. The summed E-state index contributed by atoms with van der Waals surface area (Å²) in [5.41, 5.74) is 2.91. The first-order valence-corrected chi connectivity index (χ1v) is 6.91. The summed E-state index contributed by atoms with van der Waals surface area (Å²) in [6.45, 7) is 0. The first-order chi connectivity index (χ1) is 9.88. The molecule has 0 aliphatic rings. The summed E-state index contributed by atoms with van der Waals surface area (Å²) in [7, 11) is 1.64. The fraction of sp³-hybridized carbons (Fsp3) is 0.0667. The molecule has 4 nitrogen and oxygen atoms in total. The third-order valence-electron chi connectivity index (χ3n) is 2.82. The van der Waals surface area contributed by atoms with Gasteiger partial charge in [0.15, 0.2) is 0 Å². The number of fused-ring (bicyclic) bond motifs is 1. The number of para-hydroxylation sites is 1. The number of nitrogens with zero attached hydrogens (tertiary/aromatic N) is 3. The van der Waals surface area contributed by atoms with Crippen LogP contribution in [-0.4, -0.2) is 22.1 Å². The minimum absolute atomic E-state index is 0.864. The van der Waals surface area contributed by atoms with Crippen LogP contribution in [0.4, 0.5) is 0 Å². The summed E-state index contributed by atoms with van der Waals surface area (Å²) >= 11 is 1.27. The smallest absolute Gasteiger partial charge is 0.128 e. The van der Waals surface area contributed by atoms with E-state index >= 15 is 0 Å². The third-order valence-corrected chi connectivity index (χ3v) is 3.45. The molecule has 3 rings (SSSR count). The molecule has 100 valence electrons. The van der Waals surface area contributed by atoms with Gasteiger partial charge < -0.3 is 4.18 Å². The molecule has 0 N–H and O–H groups in total. The van der Waals surface area contributed by atoms with Crippen LogP contribution in [0.3, 0.4) is 0 Å². The van der Waals surface area contributed by atoms with Crippen LogP contribution >= 0.6 is 12.0 Å². The SMILES string of the molecule is COS/C(=C/c1ccccc1)n1nnc2ccccc21. The van der Waals surface area contributed by atoms with E-state index < -0.39 is 0 Å². The lowest BCUT2D eigenvalue weighted by Gasteiger charge is -2.06. The predicted molar refractivity (Wildman–Crippen MR) is 82.7 cm³/mol. The van der Waals surface area contributed by atoms with Crippen molar-refractivity contribution in [3.63, 3.8) is 0 Å². The molecule has 0 spiro atoms. The van der Waals surface area contributed by atoms with Crippen molar-refractivity contribution in [1.82, 2.24) is 15.0 Å². The second-order valence-corrected chi connectivity index (χ2v) is 5.05. The van der Waals surface area contributed by atoms with Crippen LogP contribution in [0.15, 0.2) is 54.6 Å². The van der Waals surface area contributed by atoms with Gasteiger partial charge in [-0.15, -0.1) is 5.10 Å². The summed E-state index contributed by atoms with van der Waals surface area (Å²) in [6.07, 6.45) is 2.02. The maximum atomic E-state index is 5.21. The Morgan fingerprint density at radius 2 is 1.85 bits per heavy atom. The van der Waals surface area contributed by atoms with E-state index in [1.165, 1.54) is 12.0 Å². The second-order valence-electron chi connectivity index (χ2n) is 4.13. The molecule has 20 heavy (non-hydrogen) atoms. The van der Waals surface area contributed by atoms with Crippen molar-refractivity contribution in [2.45, 2.75) is 0 Å². The summed E-state index contributed by atoms with van der Waals surface area (Å²) in [5.74, 6) is 0. The van der Waals surface area contributed by atoms with Crippen LogP contribution in [0.25, 0.3) is 22.1 Å². The summed E-state index contributed by atoms with van der Waals surface area (Å²) < 4.78 is 7.00. The van der Waals surface area contributed by atoms with Crippen molar-refractivity contribution < 1.29 is 4.18 Å². The van der Waals surface area contributed by atoms with Gasteiger partial charge in [-0.2, -0.15) is 0 Å². The summed E-state index contributed by atoms with van der Waals surface area (Å²) in [4.78, 5) is 0. The molecule has 5 heteroatoms. The monoisotopic (exact) mass is 283 g/mol. The van der Waals surface area contributed by atoms with Gasteiger partial charge in [0.1, 0.15) is 10.5 Å². The van der Waals surface area contributed by atoms with E-state index in [4.69, 9.17) is 4.18 Å². The topological polar surface area (TPSA) is 39.9 Å². The molecule has 0 amide bonds. The third kappa shape index (κ3) is 2.59. The maximum Gasteiger partial charge on any atom is 0.128 e. The Morgan fingerprint density at radius 1 is 1.10 bits per heavy atom. The Labute approximate surface area is 121 Å². The van der Waals surface area contributed by atoms with E-state index in [1.54, 1.807) is 11.8 Å². The molecule has 0 saturated carbocycles. The molecule has 0 unspecified atom stereocenters. The highest BCUT2D eigenvalue weighted by molar-refractivity contribution is 8.03. The molecule has 0 radical (unpaired) electrons. The maximum absolute atomic E-state index is 5.21. The van der Waals surface area contributed by atoms with Gasteiger partial charge in [0.2, 0.25) is 0 Å². The molecule has 0 aliphatic carbocycles. The van der Waals surface area contributed by atoms with Gasteiger partial charge in [-0.1, -0.05) is 47.7 Å². The van der Waals surface area contributed by atoms with E-state index in [1.807, 2.05) is 60.7 Å². The lowest BCUT2D eigenvalue weighted by atomic mass is 10.2. The molecule has 3 aromatic rings. The zero-order chi connectivity index (χ0) is 13.8. The van der Waals surface area contributed by atoms with Gasteiger partial charge in [-0.3, -0.25) is 0 Å². The Balaban J connectivity index is 2.09. The van der Waals surface area contributed by atoms with Gasteiger partial charge in [-0.05, 0) is 23.8 Å². The van der Waals surface area contributed by atoms with Gasteiger partial charge >= 0.3 is 0 Å². The van der Waals surface area contributed by atoms with Crippen molar-refractivity contribution >= 4 is 34.2 Å². The zero-order valence-electron chi connectivity index (χ0n) is 10.9. The zero-order valence-corrected chi connectivity index (χ0v) is 11.7. The van der Waals surface area contributed by atoms with Crippen LogP contribution in [0.2, 0.25) is 0 Å². The van der Waals surface area contributed by atoms with Gasteiger partial charge in [0.25, 0.3) is 0 Å². The van der Waals surface area contributed by atoms with Crippen molar-refractivity contribution in [2.75, 3.05) is 7.11 Å². The number of benzene rings is 2. The minimum atomic E-state index is 0.864. The van der Waals surface area contributed by atoms with Crippen molar-refractivity contribution in [2.24, 2.45) is 0 Å². The molecular formula is C15H13N3OS.